The van der Waals surface area contributed by atoms with Crippen LogP contribution in [0.4, 0.5) is 0 Å². The molecule has 0 bridgehead atoms. The SMILES string of the molecule is CCc1nn(CC)c(CC(=O)c2cn(C)nc2C)c1Br. The predicted molar refractivity (Wildman–Crippen MR) is 81.0 cm³/mol. The first-order valence-corrected chi connectivity index (χ1v) is 7.54. The summed E-state index contributed by atoms with van der Waals surface area (Å²) in [7, 11) is 1.82. The molecule has 0 aliphatic heterocycles. The molecule has 0 saturated heterocycles. The molecule has 2 rings (SSSR count). The highest BCUT2D eigenvalue weighted by Crippen LogP contribution is 2.24. The van der Waals surface area contributed by atoms with Crippen LogP contribution >= 0.6 is 15.9 Å². The van der Waals surface area contributed by atoms with Crippen molar-refractivity contribution >= 4 is 21.7 Å². The first kappa shape index (κ1) is 15.0. The number of hydrogen-bond donors (Lipinski definition) is 0. The summed E-state index contributed by atoms with van der Waals surface area (Å²) in [6.07, 6.45) is 2.97. The Bertz CT molecular complexity index is 642. The molecule has 2 aromatic heterocycles. The van der Waals surface area contributed by atoms with Crippen LogP contribution in [-0.4, -0.2) is 25.3 Å². The fourth-order valence-electron chi connectivity index (χ4n) is 2.31. The average molecular weight is 339 g/mol. The molecule has 0 spiro atoms. The standard InChI is InChI=1S/C14H19BrN4O/c1-5-11-14(15)12(19(6-2)17-11)7-13(20)10-8-18(4)16-9(10)3/h8H,5-7H2,1-4H3. The van der Waals surface area contributed by atoms with Crippen LogP contribution in [0, 0.1) is 6.92 Å². The molecule has 0 aromatic carbocycles. The molecule has 2 heterocycles. The van der Waals surface area contributed by atoms with Gasteiger partial charge in [-0.15, -0.1) is 0 Å². The van der Waals surface area contributed by atoms with Gasteiger partial charge >= 0.3 is 0 Å². The molecule has 0 amide bonds. The van der Waals surface area contributed by atoms with Crippen LogP contribution in [0.25, 0.3) is 0 Å². The van der Waals surface area contributed by atoms with Crippen LogP contribution in [0.2, 0.25) is 0 Å². The maximum atomic E-state index is 12.5. The van der Waals surface area contributed by atoms with Gasteiger partial charge in [-0.25, -0.2) is 0 Å². The molecule has 0 radical (unpaired) electrons. The molecule has 5 nitrogen and oxygen atoms in total. The number of ketones is 1. The maximum Gasteiger partial charge on any atom is 0.172 e. The number of aromatic nitrogens is 4. The van der Waals surface area contributed by atoms with Gasteiger partial charge in [0.15, 0.2) is 5.78 Å². The van der Waals surface area contributed by atoms with Crippen LogP contribution in [0.1, 0.15) is 41.3 Å². The summed E-state index contributed by atoms with van der Waals surface area (Å²) in [5.74, 6) is 0.0774. The zero-order valence-corrected chi connectivity index (χ0v) is 13.9. The first-order chi connectivity index (χ1) is 9.47. The van der Waals surface area contributed by atoms with Crippen molar-refractivity contribution < 1.29 is 4.79 Å². The van der Waals surface area contributed by atoms with Gasteiger partial charge in [0.1, 0.15) is 0 Å². The zero-order valence-electron chi connectivity index (χ0n) is 12.3. The van der Waals surface area contributed by atoms with Gasteiger partial charge in [0.25, 0.3) is 0 Å². The van der Waals surface area contributed by atoms with Crippen molar-refractivity contribution in [2.24, 2.45) is 7.05 Å². The van der Waals surface area contributed by atoms with Crippen molar-refractivity contribution in [3.05, 3.63) is 33.3 Å². The van der Waals surface area contributed by atoms with E-state index in [0.717, 1.165) is 34.5 Å². The molecule has 20 heavy (non-hydrogen) atoms. The molecule has 0 unspecified atom stereocenters. The number of aryl methyl sites for hydroxylation is 4. The van der Waals surface area contributed by atoms with Crippen molar-refractivity contribution in [1.29, 1.82) is 0 Å². The van der Waals surface area contributed by atoms with E-state index in [1.807, 2.05) is 25.6 Å². The summed E-state index contributed by atoms with van der Waals surface area (Å²) in [4.78, 5) is 12.5. The van der Waals surface area contributed by atoms with Crippen molar-refractivity contribution in [3.63, 3.8) is 0 Å². The third kappa shape index (κ3) is 2.70. The number of rotatable bonds is 5. The minimum absolute atomic E-state index is 0.0774. The Balaban J connectivity index is 2.32. The number of hydrogen-bond acceptors (Lipinski definition) is 3. The second-order valence-electron chi connectivity index (χ2n) is 4.78. The summed E-state index contributed by atoms with van der Waals surface area (Å²) in [5.41, 5.74) is 3.39. The van der Waals surface area contributed by atoms with Crippen molar-refractivity contribution in [1.82, 2.24) is 19.6 Å². The summed E-state index contributed by atoms with van der Waals surface area (Å²) in [6, 6.07) is 0. The Morgan fingerprint density at radius 1 is 1.35 bits per heavy atom. The van der Waals surface area contributed by atoms with E-state index in [4.69, 9.17) is 0 Å². The third-order valence-electron chi connectivity index (χ3n) is 3.34. The Kier molecular flexibility index (Phi) is 4.42. The second-order valence-corrected chi connectivity index (χ2v) is 5.57. The van der Waals surface area contributed by atoms with Crippen LogP contribution < -0.4 is 0 Å². The van der Waals surface area contributed by atoms with Crippen LogP contribution in [0.5, 0.6) is 0 Å². The minimum Gasteiger partial charge on any atom is -0.294 e. The molecule has 0 fully saturated rings. The van der Waals surface area contributed by atoms with Crippen LogP contribution in [0.3, 0.4) is 0 Å². The monoisotopic (exact) mass is 338 g/mol. The van der Waals surface area contributed by atoms with E-state index in [9.17, 15) is 4.79 Å². The van der Waals surface area contributed by atoms with Gasteiger partial charge in [0, 0.05) is 19.8 Å². The first-order valence-electron chi connectivity index (χ1n) is 6.75. The topological polar surface area (TPSA) is 52.7 Å². The van der Waals surface area contributed by atoms with Crippen LogP contribution in [-0.2, 0) is 26.4 Å². The number of halogens is 1. The summed E-state index contributed by atoms with van der Waals surface area (Å²) in [6.45, 7) is 6.70. The smallest absolute Gasteiger partial charge is 0.172 e. The molecule has 0 atom stereocenters. The van der Waals surface area contributed by atoms with E-state index in [-0.39, 0.29) is 5.78 Å². The molecular formula is C14H19BrN4O. The lowest BCUT2D eigenvalue weighted by Gasteiger charge is -2.04. The Morgan fingerprint density at radius 2 is 2.05 bits per heavy atom. The number of carbonyl (C=O) groups excluding carboxylic acids is 1. The maximum absolute atomic E-state index is 12.5. The van der Waals surface area contributed by atoms with Gasteiger partial charge in [0.05, 0.1) is 33.5 Å². The Hall–Kier alpha value is -1.43. The van der Waals surface area contributed by atoms with E-state index in [2.05, 4.69) is 33.1 Å². The van der Waals surface area contributed by atoms with Crippen molar-refractivity contribution in [3.8, 4) is 0 Å². The van der Waals surface area contributed by atoms with Gasteiger partial charge in [-0.1, -0.05) is 6.92 Å². The molecular weight excluding hydrogens is 320 g/mol. The molecule has 0 aliphatic carbocycles. The molecule has 2 aromatic rings. The van der Waals surface area contributed by atoms with Gasteiger partial charge in [0.2, 0.25) is 0 Å². The molecule has 0 aliphatic rings. The highest BCUT2D eigenvalue weighted by atomic mass is 79.9. The van der Waals surface area contributed by atoms with E-state index in [0.29, 0.717) is 12.0 Å². The fourth-order valence-corrected chi connectivity index (χ4v) is 3.01. The van der Waals surface area contributed by atoms with Gasteiger partial charge in [-0.05, 0) is 36.2 Å². The third-order valence-corrected chi connectivity index (χ3v) is 4.25. The quantitative estimate of drug-likeness (QED) is 0.787. The van der Waals surface area contributed by atoms with Gasteiger partial charge in [-0.2, -0.15) is 10.2 Å². The normalized spacial score (nSPS) is 11.1. The summed E-state index contributed by atoms with van der Waals surface area (Å²) in [5, 5.41) is 8.74. The minimum atomic E-state index is 0.0774. The molecule has 6 heteroatoms. The highest BCUT2D eigenvalue weighted by Gasteiger charge is 2.20. The van der Waals surface area contributed by atoms with Crippen molar-refractivity contribution in [2.45, 2.75) is 40.2 Å². The lowest BCUT2D eigenvalue weighted by molar-refractivity contribution is 0.0989. The Labute approximate surface area is 127 Å². The number of Topliss-reactive ketones (excluding diaryl/α,β-unsaturated/α-hetero) is 1. The molecule has 0 N–H and O–H groups in total. The Morgan fingerprint density at radius 3 is 2.55 bits per heavy atom. The second kappa shape index (κ2) is 5.91. The van der Waals surface area contributed by atoms with E-state index in [1.165, 1.54) is 0 Å². The number of nitrogens with zero attached hydrogens (tertiary/aromatic N) is 4. The predicted octanol–water partition coefficient (Wildman–Crippen LogP) is 2.70. The van der Waals surface area contributed by atoms with Gasteiger partial charge < -0.3 is 0 Å². The molecule has 0 saturated carbocycles. The van der Waals surface area contributed by atoms with E-state index >= 15 is 0 Å². The van der Waals surface area contributed by atoms with Gasteiger partial charge in [-0.3, -0.25) is 14.2 Å². The highest BCUT2D eigenvalue weighted by molar-refractivity contribution is 9.10. The van der Waals surface area contributed by atoms with E-state index in [1.54, 1.807) is 10.9 Å². The largest absolute Gasteiger partial charge is 0.294 e. The van der Waals surface area contributed by atoms with E-state index < -0.39 is 0 Å². The number of carbonyl (C=O) groups is 1. The fraction of sp³-hybridized carbons (Fsp3) is 0.500. The summed E-state index contributed by atoms with van der Waals surface area (Å²) < 4.78 is 4.52. The van der Waals surface area contributed by atoms with Crippen LogP contribution in [0.15, 0.2) is 10.7 Å². The average Bonchev–Trinajstić information content (AvgIpc) is 2.90. The molecule has 108 valence electrons. The lowest BCUT2D eigenvalue weighted by Crippen LogP contribution is -2.10. The lowest BCUT2D eigenvalue weighted by atomic mass is 10.1. The zero-order chi connectivity index (χ0) is 14.9. The summed E-state index contributed by atoms with van der Waals surface area (Å²) >= 11 is 3.57. The van der Waals surface area contributed by atoms with Crippen molar-refractivity contribution in [2.75, 3.05) is 0 Å².